The smallest absolute Gasteiger partial charge is 0.229 e. The molecule has 0 bridgehead atoms. The standard InChI is InChI=1S/C20H27N5O/c1-12(2)16-14-8-5-7-13(14)15-17-18(26-20(15)24-16)19(23-11-22-17)21-9-6-10-25(3)4/h11-12H,5-10H2,1-4H3,(H,21,22,23)/p+1. The molecule has 0 amide bonds. The molecule has 0 fully saturated rings. The molecule has 3 heterocycles. The van der Waals surface area contributed by atoms with Gasteiger partial charge in [0.25, 0.3) is 0 Å². The van der Waals surface area contributed by atoms with E-state index >= 15 is 0 Å². The molecule has 0 unspecified atom stereocenters. The summed E-state index contributed by atoms with van der Waals surface area (Å²) in [5.74, 6) is 1.18. The largest absolute Gasteiger partial charge is 0.432 e. The molecule has 1 aliphatic rings. The Morgan fingerprint density at radius 3 is 2.77 bits per heavy atom. The summed E-state index contributed by atoms with van der Waals surface area (Å²) in [6, 6.07) is 0. The monoisotopic (exact) mass is 354 g/mol. The van der Waals surface area contributed by atoms with E-state index in [9.17, 15) is 0 Å². The van der Waals surface area contributed by atoms with Gasteiger partial charge in [0.15, 0.2) is 11.4 Å². The van der Waals surface area contributed by atoms with Crippen LogP contribution in [-0.2, 0) is 12.8 Å². The van der Waals surface area contributed by atoms with Gasteiger partial charge in [0.05, 0.1) is 31.7 Å². The van der Waals surface area contributed by atoms with Crippen LogP contribution in [0.25, 0.3) is 22.2 Å². The van der Waals surface area contributed by atoms with Crippen LogP contribution in [0.3, 0.4) is 0 Å². The number of rotatable bonds is 6. The topological polar surface area (TPSA) is 68.3 Å². The second kappa shape index (κ2) is 6.83. The van der Waals surface area contributed by atoms with E-state index in [2.05, 4.69) is 43.2 Å². The van der Waals surface area contributed by atoms with Crippen molar-refractivity contribution >= 4 is 28.0 Å². The normalized spacial score (nSPS) is 14.1. The number of hydrogen-bond donors (Lipinski definition) is 2. The average Bonchev–Trinajstić information content (AvgIpc) is 3.21. The summed E-state index contributed by atoms with van der Waals surface area (Å²) in [5.41, 5.74) is 6.33. The minimum Gasteiger partial charge on any atom is -0.432 e. The first-order valence-electron chi connectivity index (χ1n) is 9.68. The first kappa shape index (κ1) is 17.2. The molecule has 0 aromatic carbocycles. The Morgan fingerprint density at radius 2 is 2.00 bits per heavy atom. The van der Waals surface area contributed by atoms with Crippen LogP contribution in [0, 0.1) is 0 Å². The van der Waals surface area contributed by atoms with Crippen molar-refractivity contribution in [3.05, 3.63) is 23.1 Å². The Labute approximate surface area is 154 Å². The Balaban J connectivity index is 1.78. The zero-order chi connectivity index (χ0) is 18.3. The third kappa shape index (κ3) is 2.92. The van der Waals surface area contributed by atoms with Crippen molar-refractivity contribution in [2.75, 3.05) is 32.5 Å². The maximum Gasteiger partial charge on any atom is 0.229 e. The van der Waals surface area contributed by atoms with E-state index in [0.717, 1.165) is 54.7 Å². The van der Waals surface area contributed by atoms with Gasteiger partial charge >= 0.3 is 0 Å². The molecule has 0 atom stereocenters. The minimum atomic E-state index is 0.400. The molecular formula is C20H28N5O+. The number of quaternary nitrogens is 1. The fraction of sp³-hybridized carbons (Fsp3) is 0.550. The SMILES string of the molecule is CC(C)c1nc2oc3c(NCCC[NH+](C)C)ncnc3c2c2c1CCC2. The highest BCUT2D eigenvalue weighted by atomic mass is 16.3. The summed E-state index contributed by atoms with van der Waals surface area (Å²) in [6.45, 7) is 6.40. The van der Waals surface area contributed by atoms with Crippen LogP contribution in [0.1, 0.15) is 49.4 Å². The zero-order valence-electron chi connectivity index (χ0n) is 16.1. The summed E-state index contributed by atoms with van der Waals surface area (Å²) in [6.07, 6.45) is 6.10. The van der Waals surface area contributed by atoms with Crippen molar-refractivity contribution in [2.45, 2.75) is 45.4 Å². The lowest BCUT2D eigenvalue weighted by molar-refractivity contribution is -0.858. The number of fused-ring (bicyclic) bond motifs is 5. The minimum absolute atomic E-state index is 0.400. The first-order valence-corrected chi connectivity index (χ1v) is 9.68. The molecule has 26 heavy (non-hydrogen) atoms. The van der Waals surface area contributed by atoms with Gasteiger partial charge in [0.1, 0.15) is 11.8 Å². The molecule has 0 radical (unpaired) electrons. The van der Waals surface area contributed by atoms with Crippen molar-refractivity contribution in [3.63, 3.8) is 0 Å². The predicted molar refractivity (Wildman–Crippen MR) is 104 cm³/mol. The number of hydrogen-bond acceptors (Lipinski definition) is 5. The van der Waals surface area contributed by atoms with Crippen LogP contribution in [0.5, 0.6) is 0 Å². The third-order valence-electron chi connectivity index (χ3n) is 5.20. The van der Waals surface area contributed by atoms with Gasteiger partial charge in [-0.05, 0) is 36.3 Å². The van der Waals surface area contributed by atoms with E-state index < -0.39 is 0 Å². The van der Waals surface area contributed by atoms with Gasteiger partial charge in [-0.15, -0.1) is 0 Å². The quantitative estimate of drug-likeness (QED) is 0.665. The van der Waals surface area contributed by atoms with Crippen LogP contribution in [0.15, 0.2) is 10.7 Å². The number of pyridine rings is 1. The van der Waals surface area contributed by atoms with Gasteiger partial charge in [0, 0.05) is 13.0 Å². The molecular weight excluding hydrogens is 326 g/mol. The molecule has 3 aromatic heterocycles. The molecule has 4 rings (SSSR count). The zero-order valence-corrected chi connectivity index (χ0v) is 16.1. The number of anilines is 1. The molecule has 0 saturated heterocycles. The van der Waals surface area contributed by atoms with Crippen LogP contribution in [0.2, 0.25) is 0 Å². The second-order valence-corrected chi connectivity index (χ2v) is 7.88. The molecule has 0 spiro atoms. The summed E-state index contributed by atoms with van der Waals surface area (Å²) < 4.78 is 6.17. The predicted octanol–water partition coefficient (Wildman–Crippen LogP) is 2.33. The van der Waals surface area contributed by atoms with Crippen LogP contribution in [-0.4, -0.2) is 42.1 Å². The van der Waals surface area contributed by atoms with Gasteiger partial charge in [-0.1, -0.05) is 13.8 Å². The molecule has 6 nitrogen and oxygen atoms in total. The van der Waals surface area contributed by atoms with Crippen LogP contribution < -0.4 is 10.2 Å². The van der Waals surface area contributed by atoms with Crippen molar-refractivity contribution in [2.24, 2.45) is 0 Å². The van der Waals surface area contributed by atoms with Gasteiger partial charge in [0.2, 0.25) is 5.71 Å². The summed E-state index contributed by atoms with van der Waals surface area (Å²) >= 11 is 0. The fourth-order valence-corrected chi connectivity index (χ4v) is 3.98. The maximum absolute atomic E-state index is 6.17. The van der Waals surface area contributed by atoms with E-state index in [0.29, 0.717) is 11.6 Å². The lowest BCUT2D eigenvalue weighted by Crippen LogP contribution is -3.05. The average molecular weight is 354 g/mol. The summed E-state index contributed by atoms with van der Waals surface area (Å²) in [4.78, 5) is 15.3. The number of aryl methyl sites for hydroxylation is 1. The van der Waals surface area contributed by atoms with Crippen LogP contribution >= 0.6 is 0 Å². The number of aromatic nitrogens is 3. The van der Waals surface area contributed by atoms with Crippen molar-refractivity contribution in [3.8, 4) is 0 Å². The van der Waals surface area contributed by atoms with E-state index in [-0.39, 0.29) is 0 Å². The molecule has 1 aliphatic carbocycles. The van der Waals surface area contributed by atoms with E-state index in [1.165, 1.54) is 28.1 Å². The Hall–Kier alpha value is -2.21. The van der Waals surface area contributed by atoms with Gasteiger partial charge in [-0.25, -0.2) is 15.0 Å². The first-order chi connectivity index (χ1) is 12.6. The fourth-order valence-electron chi connectivity index (χ4n) is 3.98. The Morgan fingerprint density at radius 1 is 1.19 bits per heavy atom. The Kier molecular flexibility index (Phi) is 4.53. The van der Waals surface area contributed by atoms with Crippen molar-refractivity contribution < 1.29 is 9.32 Å². The molecule has 2 N–H and O–H groups in total. The van der Waals surface area contributed by atoms with Gasteiger partial charge < -0.3 is 14.6 Å². The molecule has 0 saturated carbocycles. The number of furan rings is 1. The summed E-state index contributed by atoms with van der Waals surface area (Å²) in [7, 11) is 4.33. The number of nitrogens with one attached hydrogen (secondary N) is 2. The summed E-state index contributed by atoms with van der Waals surface area (Å²) in [5, 5.41) is 4.52. The van der Waals surface area contributed by atoms with Crippen LogP contribution in [0.4, 0.5) is 5.82 Å². The highest BCUT2D eigenvalue weighted by Gasteiger charge is 2.26. The maximum atomic E-state index is 6.17. The molecule has 0 aliphatic heterocycles. The van der Waals surface area contributed by atoms with Crippen molar-refractivity contribution in [1.29, 1.82) is 0 Å². The van der Waals surface area contributed by atoms with E-state index in [1.54, 1.807) is 6.33 Å². The Bertz CT molecular complexity index is 944. The molecule has 6 heteroatoms. The highest BCUT2D eigenvalue weighted by Crippen LogP contribution is 2.39. The number of nitrogens with zero attached hydrogens (tertiary/aromatic N) is 3. The second-order valence-electron chi connectivity index (χ2n) is 7.88. The molecule has 3 aromatic rings. The van der Waals surface area contributed by atoms with Crippen molar-refractivity contribution in [1.82, 2.24) is 15.0 Å². The van der Waals surface area contributed by atoms with Gasteiger partial charge in [-0.3, -0.25) is 0 Å². The van der Waals surface area contributed by atoms with E-state index in [4.69, 9.17) is 9.40 Å². The van der Waals surface area contributed by atoms with Gasteiger partial charge in [-0.2, -0.15) is 0 Å². The highest BCUT2D eigenvalue weighted by molar-refractivity contribution is 6.06. The lowest BCUT2D eigenvalue weighted by atomic mass is 9.99. The lowest BCUT2D eigenvalue weighted by Gasteiger charge is -2.11. The third-order valence-corrected chi connectivity index (χ3v) is 5.20. The molecule has 138 valence electrons. The van der Waals surface area contributed by atoms with E-state index in [1.807, 2.05) is 0 Å².